The van der Waals surface area contributed by atoms with Crippen molar-refractivity contribution >= 4 is 11.9 Å². The molecule has 9 nitrogen and oxygen atoms in total. The highest BCUT2D eigenvalue weighted by Gasteiger charge is 2.35. The Hall–Kier alpha value is -3.10. The lowest BCUT2D eigenvalue weighted by atomic mass is 9.95. The molecule has 1 aliphatic heterocycles. The molecule has 1 N–H and O–H groups in total. The highest BCUT2D eigenvalue weighted by atomic mass is 16.5. The minimum atomic E-state index is -0.538. The number of carbonyl (C=O) groups is 1. The molecule has 1 atom stereocenters. The van der Waals surface area contributed by atoms with E-state index < -0.39 is 12.0 Å². The highest BCUT2D eigenvalue weighted by molar-refractivity contribution is 5.92. The second-order valence-electron chi connectivity index (χ2n) is 5.58. The molecular weight excluding hydrogens is 338 g/mol. The summed E-state index contributed by atoms with van der Waals surface area (Å²) in [6, 6.07) is 4.99. The van der Waals surface area contributed by atoms with Gasteiger partial charge in [0.2, 0.25) is 5.95 Å². The molecule has 138 valence electrons. The highest BCUT2D eigenvalue weighted by Crippen LogP contribution is 2.38. The van der Waals surface area contributed by atoms with Crippen molar-refractivity contribution in [1.82, 2.24) is 20.2 Å². The number of tetrazole rings is 1. The van der Waals surface area contributed by atoms with Crippen molar-refractivity contribution in [3.63, 3.8) is 0 Å². The molecule has 2 aromatic rings. The first-order valence-electron chi connectivity index (χ1n) is 8.34. The van der Waals surface area contributed by atoms with Gasteiger partial charge in [-0.1, -0.05) is 11.2 Å². The predicted molar refractivity (Wildman–Crippen MR) is 93.1 cm³/mol. The Morgan fingerprint density at radius 1 is 1.23 bits per heavy atom. The van der Waals surface area contributed by atoms with Crippen LogP contribution in [0.5, 0.6) is 11.5 Å². The summed E-state index contributed by atoms with van der Waals surface area (Å²) >= 11 is 0. The van der Waals surface area contributed by atoms with Gasteiger partial charge in [-0.15, -0.1) is 0 Å². The van der Waals surface area contributed by atoms with E-state index in [1.54, 1.807) is 11.6 Å². The fourth-order valence-corrected chi connectivity index (χ4v) is 2.93. The molecule has 1 unspecified atom stereocenters. The van der Waals surface area contributed by atoms with Gasteiger partial charge in [0.15, 0.2) is 11.5 Å². The molecule has 1 aliphatic rings. The van der Waals surface area contributed by atoms with Crippen LogP contribution in [-0.2, 0) is 9.53 Å². The maximum absolute atomic E-state index is 12.4. The smallest absolute Gasteiger partial charge is 0.338 e. The normalized spacial score (nSPS) is 15.9. The summed E-state index contributed by atoms with van der Waals surface area (Å²) in [4.78, 5) is 12.4. The Morgan fingerprint density at radius 2 is 1.96 bits per heavy atom. The lowest BCUT2D eigenvalue weighted by Gasteiger charge is -2.27. The second kappa shape index (κ2) is 7.42. The topological polar surface area (TPSA) is 100 Å². The Balaban J connectivity index is 2.13. The van der Waals surface area contributed by atoms with E-state index in [2.05, 4.69) is 20.8 Å². The van der Waals surface area contributed by atoms with Crippen molar-refractivity contribution < 1.29 is 19.0 Å². The number of esters is 1. The summed E-state index contributed by atoms with van der Waals surface area (Å²) in [5.74, 6) is 1.24. The SMILES string of the molecule is CCOc1ccc(C2C(C(=O)OC)=C(C)Nc3nnnn32)cc1OCC. The minimum Gasteiger partial charge on any atom is -0.490 e. The van der Waals surface area contributed by atoms with Gasteiger partial charge in [-0.2, -0.15) is 4.68 Å². The molecule has 0 bridgehead atoms. The molecule has 9 heteroatoms. The standard InChI is InChI=1S/C17H21N5O4/c1-5-25-12-8-7-11(9-13(12)26-6-2)15-14(16(23)24-4)10(3)18-17-19-20-21-22(15)17/h7-9,15H,5-6H2,1-4H3,(H,18,19,21). The van der Waals surface area contributed by atoms with Gasteiger partial charge in [0.1, 0.15) is 6.04 Å². The maximum atomic E-state index is 12.4. The molecule has 3 rings (SSSR count). The molecule has 0 saturated carbocycles. The number of allylic oxidation sites excluding steroid dienone is 1. The van der Waals surface area contributed by atoms with Crippen molar-refractivity contribution in [3.8, 4) is 11.5 Å². The fourth-order valence-electron chi connectivity index (χ4n) is 2.93. The summed E-state index contributed by atoms with van der Waals surface area (Å²) in [5.41, 5.74) is 1.85. The number of rotatable bonds is 6. The molecule has 26 heavy (non-hydrogen) atoms. The molecule has 1 aromatic carbocycles. The van der Waals surface area contributed by atoms with E-state index in [4.69, 9.17) is 14.2 Å². The van der Waals surface area contributed by atoms with Crippen LogP contribution in [0.4, 0.5) is 5.95 Å². The van der Waals surface area contributed by atoms with Gasteiger partial charge in [-0.3, -0.25) is 0 Å². The zero-order valence-corrected chi connectivity index (χ0v) is 15.1. The molecule has 0 aliphatic carbocycles. The number of ether oxygens (including phenoxy) is 3. The average Bonchev–Trinajstić information content (AvgIpc) is 3.09. The summed E-state index contributed by atoms with van der Waals surface area (Å²) in [6.45, 7) is 6.61. The van der Waals surface area contributed by atoms with Gasteiger partial charge >= 0.3 is 5.97 Å². The number of nitrogens with one attached hydrogen (secondary N) is 1. The minimum absolute atomic E-state index is 0.430. The van der Waals surface area contributed by atoms with Crippen LogP contribution in [0.3, 0.4) is 0 Å². The van der Waals surface area contributed by atoms with Crippen molar-refractivity contribution in [3.05, 3.63) is 35.0 Å². The summed E-state index contributed by atoms with van der Waals surface area (Å²) < 4.78 is 17.8. The molecule has 0 spiro atoms. The Kier molecular flexibility index (Phi) is 5.06. The third-order valence-electron chi connectivity index (χ3n) is 4.00. The third-order valence-corrected chi connectivity index (χ3v) is 4.00. The van der Waals surface area contributed by atoms with Crippen LogP contribution in [0, 0.1) is 0 Å². The van der Waals surface area contributed by atoms with E-state index in [1.807, 2.05) is 32.0 Å². The van der Waals surface area contributed by atoms with Crippen molar-refractivity contribution in [2.75, 3.05) is 25.6 Å². The Labute approximate surface area is 150 Å². The quantitative estimate of drug-likeness (QED) is 0.781. The van der Waals surface area contributed by atoms with E-state index in [0.29, 0.717) is 41.9 Å². The first kappa shape index (κ1) is 17.7. The number of fused-ring (bicyclic) bond motifs is 1. The van der Waals surface area contributed by atoms with E-state index in [-0.39, 0.29) is 0 Å². The number of hydrogen-bond acceptors (Lipinski definition) is 8. The van der Waals surface area contributed by atoms with Crippen molar-refractivity contribution in [1.29, 1.82) is 0 Å². The number of methoxy groups -OCH3 is 1. The van der Waals surface area contributed by atoms with Crippen molar-refractivity contribution in [2.24, 2.45) is 0 Å². The van der Waals surface area contributed by atoms with E-state index in [0.717, 1.165) is 5.56 Å². The van der Waals surface area contributed by atoms with Crippen LogP contribution in [-0.4, -0.2) is 46.5 Å². The number of hydrogen-bond donors (Lipinski definition) is 1. The first-order valence-corrected chi connectivity index (χ1v) is 8.34. The Morgan fingerprint density at radius 3 is 2.65 bits per heavy atom. The zero-order valence-electron chi connectivity index (χ0n) is 15.1. The second-order valence-corrected chi connectivity index (χ2v) is 5.58. The van der Waals surface area contributed by atoms with Gasteiger partial charge in [0.25, 0.3) is 0 Å². The number of carbonyl (C=O) groups excluding carboxylic acids is 1. The van der Waals surface area contributed by atoms with Crippen LogP contribution in [0.1, 0.15) is 32.4 Å². The largest absolute Gasteiger partial charge is 0.490 e. The fraction of sp³-hybridized carbons (Fsp3) is 0.412. The van der Waals surface area contributed by atoms with Crippen LogP contribution in [0.2, 0.25) is 0 Å². The lowest BCUT2D eigenvalue weighted by molar-refractivity contribution is -0.136. The van der Waals surface area contributed by atoms with Crippen LogP contribution in [0.15, 0.2) is 29.5 Å². The molecule has 1 aromatic heterocycles. The Bertz CT molecular complexity index is 845. The van der Waals surface area contributed by atoms with Crippen LogP contribution >= 0.6 is 0 Å². The first-order chi connectivity index (χ1) is 12.6. The maximum Gasteiger partial charge on any atom is 0.338 e. The molecule has 0 fully saturated rings. The van der Waals surface area contributed by atoms with E-state index in [1.165, 1.54) is 7.11 Å². The molecule has 0 saturated heterocycles. The van der Waals surface area contributed by atoms with Gasteiger partial charge in [-0.05, 0) is 48.9 Å². The number of anilines is 1. The van der Waals surface area contributed by atoms with Gasteiger partial charge in [-0.25, -0.2) is 4.79 Å². The average molecular weight is 359 g/mol. The van der Waals surface area contributed by atoms with Gasteiger partial charge in [0, 0.05) is 5.70 Å². The number of aromatic nitrogens is 4. The zero-order chi connectivity index (χ0) is 18.7. The molecule has 0 radical (unpaired) electrons. The molecule has 2 heterocycles. The number of nitrogens with zero attached hydrogens (tertiary/aromatic N) is 4. The third kappa shape index (κ3) is 3.07. The van der Waals surface area contributed by atoms with E-state index >= 15 is 0 Å². The summed E-state index contributed by atoms with van der Waals surface area (Å²) in [5, 5.41) is 14.7. The summed E-state index contributed by atoms with van der Waals surface area (Å²) in [6.07, 6.45) is 0. The molecule has 0 amide bonds. The molecular formula is C17H21N5O4. The van der Waals surface area contributed by atoms with Crippen molar-refractivity contribution in [2.45, 2.75) is 26.8 Å². The predicted octanol–water partition coefficient (Wildman–Crippen LogP) is 1.93. The van der Waals surface area contributed by atoms with Gasteiger partial charge in [0.05, 0.1) is 25.9 Å². The summed E-state index contributed by atoms with van der Waals surface area (Å²) in [7, 11) is 1.35. The monoisotopic (exact) mass is 359 g/mol. The van der Waals surface area contributed by atoms with E-state index in [9.17, 15) is 4.79 Å². The lowest BCUT2D eigenvalue weighted by Crippen LogP contribution is -2.29. The number of benzene rings is 1. The van der Waals surface area contributed by atoms with Crippen LogP contribution in [0.25, 0.3) is 0 Å². The van der Waals surface area contributed by atoms with Gasteiger partial charge < -0.3 is 19.5 Å². The van der Waals surface area contributed by atoms with Crippen LogP contribution < -0.4 is 14.8 Å².